The van der Waals surface area contributed by atoms with Gasteiger partial charge in [-0.2, -0.15) is 28.1 Å². The van der Waals surface area contributed by atoms with E-state index in [0.717, 1.165) is 0 Å². The average Bonchev–Trinajstić information content (AvgIpc) is 2.25. The van der Waals surface area contributed by atoms with E-state index in [1.54, 1.807) is 6.92 Å². The molecule has 0 aliphatic heterocycles. The standard InChI is InChI=1S/C7H11F3N6O/c1-2-17-6-14-4(12-3-7(8,9)10)13-5(15-6)16-11/h2-3,11H2,1H3,(H2,12,13,14,15,16). The summed E-state index contributed by atoms with van der Waals surface area (Å²) in [6.07, 6.45) is -4.37. The molecule has 0 aliphatic rings. The second kappa shape index (κ2) is 5.48. The smallest absolute Gasteiger partial charge is 0.405 e. The van der Waals surface area contributed by atoms with E-state index in [1.807, 2.05) is 5.32 Å². The van der Waals surface area contributed by atoms with Gasteiger partial charge in [0, 0.05) is 0 Å². The number of halogens is 3. The first-order valence-corrected chi connectivity index (χ1v) is 4.60. The minimum absolute atomic E-state index is 0.0897. The fraction of sp³-hybridized carbons (Fsp3) is 0.571. The van der Waals surface area contributed by atoms with Crippen molar-refractivity contribution < 1.29 is 17.9 Å². The Balaban J connectivity index is 2.79. The first kappa shape index (κ1) is 13.2. The van der Waals surface area contributed by atoms with Gasteiger partial charge in [0.15, 0.2) is 0 Å². The molecule has 0 radical (unpaired) electrons. The number of ether oxygens (including phenoxy) is 1. The third kappa shape index (κ3) is 4.68. The molecule has 1 rings (SSSR count). The van der Waals surface area contributed by atoms with Crippen LogP contribution in [0.4, 0.5) is 25.1 Å². The zero-order valence-electron chi connectivity index (χ0n) is 8.88. The van der Waals surface area contributed by atoms with Gasteiger partial charge in [-0.3, -0.25) is 5.43 Å². The van der Waals surface area contributed by atoms with Gasteiger partial charge in [0.2, 0.25) is 11.9 Å². The Morgan fingerprint density at radius 3 is 2.41 bits per heavy atom. The first-order chi connectivity index (χ1) is 7.94. The number of alkyl halides is 3. The summed E-state index contributed by atoms with van der Waals surface area (Å²) in [5, 5.41) is 2.00. The van der Waals surface area contributed by atoms with Crippen LogP contribution in [0, 0.1) is 0 Å². The van der Waals surface area contributed by atoms with E-state index in [2.05, 4.69) is 20.4 Å². The molecule has 0 unspecified atom stereocenters. The van der Waals surface area contributed by atoms with Crippen LogP contribution in [0.2, 0.25) is 0 Å². The summed E-state index contributed by atoms with van der Waals surface area (Å²) in [7, 11) is 0. The topological polar surface area (TPSA) is 98.0 Å². The lowest BCUT2D eigenvalue weighted by Gasteiger charge is -2.10. The minimum Gasteiger partial charge on any atom is -0.464 e. The Bertz CT molecular complexity index is 371. The lowest BCUT2D eigenvalue weighted by atomic mass is 10.6. The van der Waals surface area contributed by atoms with Crippen LogP contribution in [-0.2, 0) is 0 Å². The van der Waals surface area contributed by atoms with Gasteiger partial charge in [0.25, 0.3) is 0 Å². The second-order valence-electron chi connectivity index (χ2n) is 2.81. The largest absolute Gasteiger partial charge is 0.464 e. The molecule has 17 heavy (non-hydrogen) atoms. The van der Waals surface area contributed by atoms with E-state index in [1.165, 1.54) is 0 Å². The fourth-order valence-electron chi connectivity index (χ4n) is 0.873. The molecule has 0 saturated carbocycles. The molecule has 96 valence electrons. The highest BCUT2D eigenvalue weighted by Gasteiger charge is 2.27. The Hall–Kier alpha value is -1.84. The quantitative estimate of drug-likeness (QED) is 0.519. The molecular formula is C7H11F3N6O. The molecule has 0 aromatic carbocycles. The molecule has 0 atom stereocenters. The van der Waals surface area contributed by atoms with E-state index in [4.69, 9.17) is 10.6 Å². The maximum Gasteiger partial charge on any atom is 0.405 e. The summed E-state index contributed by atoms with van der Waals surface area (Å²) in [5.74, 6) is 4.70. The molecule has 0 aliphatic carbocycles. The van der Waals surface area contributed by atoms with Crippen molar-refractivity contribution in [2.75, 3.05) is 23.9 Å². The van der Waals surface area contributed by atoms with Gasteiger partial charge in [-0.05, 0) is 6.92 Å². The van der Waals surface area contributed by atoms with Gasteiger partial charge in [-0.15, -0.1) is 0 Å². The highest BCUT2D eigenvalue weighted by atomic mass is 19.4. The van der Waals surface area contributed by atoms with Crippen LogP contribution in [0.15, 0.2) is 0 Å². The van der Waals surface area contributed by atoms with Crippen LogP contribution in [0.3, 0.4) is 0 Å². The summed E-state index contributed by atoms with van der Waals surface area (Å²) in [4.78, 5) is 10.9. The van der Waals surface area contributed by atoms with Crippen molar-refractivity contribution in [1.82, 2.24) is 15.0 Å². The zero-order chi connectivity index (χ0) is 12.9. The van der Waals surface area contributed by atoms with E-state index < -0.39 is 12.7 Å². The van der Waals surface area contributed by atoms with Crippen LogP contribution in [0.5, 0.6) is 6.01 Å². The first-order valence-electron chi connectivity index (χ1n) is 4.60. The van der Waals surface area contributed by atoms with Crippen molar-refractivity contribution in [1.29, 1.82) is 0 Å². The molecule has 4 N–H and O–H groups in total. The predicted molar refractivity (Wildman–Crippen MR) is 53.4 cm³/mol. The lowest BCUT2D eigenvalue weighted by molar-refractivity contribution is -0.115. The molecule has 1 aromatic heterocycles. The molecule has 10 heteroatoms. The summed E-state index contributed by atoms with van der Waals surface area (Å²) < 4.78 is 40.8. The number of hydrazine groups is 1. The SMILES string of the molecule is CCOc1nc(NN)nc(NCC(F)(F)F)n1. The molecule has 0 fully saturated rings. The maximum atomic E-state index is 12.0. The van der Waals surface area contributed by atoms with E-state index in [0.29, 0.717) is 0 Å². The third-order valence-corrected chi connectivity index (χ3v) is 1.46. The summed E-state index contributed by atoms with van der Waals surface area (Å²) in [6, 6.07) is -0.111. The number of nitrogen functional groups attached to an aromatic ring is 1. The lowest BCUT2D eigenvalue weighted by Crippen LogP contribution is -2.23. The van der Waals surface area contributed by atoms with Gasteiger partial charge in [-0.25, -0.2) is 5.84 Å². The highest BCUT2D eigenvalue weighted by molar-refractivity contribution is 5.34. The Kier molecular flexibility index (Phi) is 4.26. The fourth-order valence-corrected chi connectivity index (χ4v) is 0.873. The van der Waals surface area contributed by atoms with Crippen LogP contribution >= 0.6 is 0 Å². The number of aromatic nitrogens is 3. The monoisotopic (exact) mass is 252 g/mol. The van der Waals surface area contributed by atoms with Gasteiger partial charge < -0.3 is 10.1 Å². The number of nitrogens with one attached hydrogen (secondary N) is 2. The van der Waals surface area contributed by atoms with E-state index in [9.17, 15) is 13.2 Å². The zero-order valence-corrected chi connectivity index (χ0v) is 8.88. The summed E-state index contributed by atoms with van der Waals surface area (Å²) in [5.41, 5.74) is 2.10. The molecule has 1 heterocycles. The number of nitrogens with zero attached hydrogens (tertiary/aromatic N) is 3. The molecular weight excluding hydrogens is 241 g/mol. The van der Waals surface area contributed by atoms with Crippen molar-refractivity contribution in [2.45, 2.75) is 13.1 Å². The van der Waals surface area contributed by atoms with Crippen LogP contribution < -0.4 is 21.3 Å². The van der Waals surface area contributed by atoms with E-state index >= 15 is 0 Å². The molecule has 0 bridgehead atoms. The van der Waals surface area contributed by atoms with Crippen LogP contribution in [0.1, 0.15) is 6.92 Å². The van der Waals surface area contributed by atoms with Gasteiger partial charge in [-0.1, -0.05) is 0 Å². The van der Waals surface area contributed by atoms with Crippen molar-refractivity contribution in [2.24, 2.45) is 5.84 Å². The normalized spacial score (nSPS) is 11.1. The number of anilines is 2. The number of hydrogen-bond donors (Lipinski definition) is 3. The van der Waals surface area contributed by atoms with Gasteiger partial charge in [0.1, 0.15) is 6.54 Å². The van der Waals surface area contributed by atoms with Gasteiger partial charge in [0.05, 0.1) is 6.61 Å². The Morgan fingerprint density at radius 2 is 1.88 bits per heavy atom. The third-order valence-electron chi connectivity index (χ3n) is 1.46. The Labute approximate surface area is 94.6 Å². The number of hydrogen-bond acceptors (Lipinski definition) is 7. The summed E-state index contributed by atoms with van der Waals surface area (Å²) in [6.45, 7) is 0.696. The van der Waals surface area contributed by atoms with Crippen LogP contribution in [-0.4, -0.2) is 34.3 Å². The van der Waals surface area contributed by atoms with Crippen molar-refractivity contribution >= 4 is 11.9 Å². The minimum atomic E-state index is -4.37. The molecule has 7 nitrogen and oxygen atoms in total. The molecule has 0 saturated heterocycles. The second-order valence-corrected chi connectivity index (χ2v) is 2.81. The molecule has 0 amide bonds. The van der Waals surface area contributed by atoms with E-state index in [-0.39, 0.29) is 24.5 Å². The van der Waals surface area contributed by atoms with Crippen molar-refractivity contribution in [3.05, 3.63) is 0 Å². The molecule has 1 aromatic rings. The predicted octanol–water partition coefficient (Wildman–Crippen LogP) is 0.530. The number of rotatable bonds is 5. The maximum absolute atomic E-state index is 12.0. The number of nitrogens with two attached hydrogens (primary N) is 1. The van der Waals surface area contributed by atoms with Crippen LogP contribution in [0.25, 0.3) is 0 Å². The highest BCUT2D eigenvalue weighted by Crippen LogP contribution is 2.16. The summed E-state index contributed by atoms with van der Waals surface area (Å²) >= 11 is 0. The van der Waals surface area contributed by atoms with Crippen molar-refractivity contribution in [3.8, 4) is 6.01 Å². The van der Waals surface area contributed by atoms with Gasteiger partial charge >= 0.3 is 12.2 Å². The molecule has 0 spiro atoms. The Morgan fingerprint density at radius 1 is 1.24 bits per heavy atom. The van der Waals surface area contributed by atoms with Crippen molar-refractivity contribution in [3.63, 3.8) is 0 Å². The average molecular weight is 252 g/mol.